The molecule has 0 unspecified atom stereocenters. The standard InChI is InChI=1S/C11H15F3N2O2/c1-7-9(8(2)17)5-15-10(16-7)3-4-18-6-11(12,13)14/h5,8,17H,3-4,6H2,1-2H3/t8-/m0/s1. The molecule has 0 bridgehead atoms. The van der Waals surface area contributed by atoms with Crippen LogP contribution < -0.4 is 0 Å². The van der Waals surface area contributed by atoms with Crippen molar-refractivity contribution in [3.8, 4) is 0 Å². The minimum atomic E-state index is -4.31. The predicted molar refractivity (Wildman–Crippen MR) is 58.0 cm³/mol. The summed E-state index contributed by atoms with van der Waals surface area (Å²) in [5, 5.41) is 9.37. The van der Waals surface area contributed by atoms with E-state index in [-0.39, 0.29) is 13.0 Å². The molecule has 1 aromatic heterocycles. The first kappa shape index (κ1) is 14.8. The molecule has 1 aromatic rings. The van der Waals surface area contributed by atoms with E-state index in [1.807, 2.05) is 0 Å². The van der Waals surface area contributed by atoms with Gasteiger partial charge in [0.1, 0.15) is 12.4 Å². The number of aromatic nitrogens is 2. The highest BCUT2D eigenvalue weighted by Crippen LogP contribution is 2.15. The van der Waals surface area contributed by atoms with Gasteiger partial charge in [0.25, 0.3) is 0 Å². The lowest BCUT2D eigenvalue weighted by atomic mass is 10.1. The summed E-state index contributed by atoms with van der Waals surface area (Å²) in [4.78, 5) is 8.06. The van der Waals surface area contributed by atoms with Crippen LogP contribution in [-0.4, -0.2) is 34.5 Å². The Morgan fingerprint density at radius 1 is 1.44 bits per heavy atom. The monoisotopic (exact) mass is 264 g/mol. The van der Waals surface area contributed by atoms with Crippen LogP contribution in [0.2, 0.25) is 0 Å². The molecule has 18 heavy (non-hydrogen) atoms. The number of alkyl halides is 3. The third-order valence-electron chi connectivity index (χ3n) is 2.25. The smallest absolute Gasteiger partial charge is 0.389 e. The Morgan fingerprint density at radius 3 is 2.61 bits per heavy atom. The molecule has 4 nitrogen and oxygen atoms in total. The molecule has 7 heteroatoms. The van der Waals surface area contributed by atoms with Crippen molar-refractivity contribution >= 4 is 0 Å². The third-order valence-corrected chi connectivity index (χ3v) is 2.25. The Bertz CT molecular complexity index is 394. The van der Waals surface area contributed by atoms with E-state index < -0.39 is 18.9 Å². The largest absolute Gasteiger partial charge is 0.411 e. The maximum Gasteiger partial charge on any atom is 0.411 e. The topological polar surface area (TPSA) is 55.2 Å². The lowest BCUT2D eigenvalue weighted by molar-refractivity contribution is -0.173. The first-order valence-corrected chi connectivity index (χ1v) is 5.44. The minimum Gasteiger partial charge on any atom is -0.389 e. The van der Waals surface area contributed by atoms with Crippen LogP contribution in [0.3, 0.4) is 0 Å². The van der Waals surface area contributed by atoms with Crippen LogP contribution in [0, 0.1) is 6.92 Å². The van der Waals surface area contributed by atoms with Crippen molar-refractivity contribution in [2.45, 2.75) is 32.5 Å². The van der Waals surface area contributed by atoms with Gasteiger partial charge in [-0.1, -0.05) is 0 Å². The molecule has 1 heterocycles. The first-order chi connectivity index (χ1) is 8.29. The van der Waals surface area contributed by atoms with Crippen LogP contribution in [0.5, 0.6) is 0 Å². The summed E-state index contributed by atoms with van der Waals surface area (Å²) in [6.45, 7) is 1.95. The number of halogens is 3. The molecule has 0 aliphatic rings. The fourth-order valence-electron chi connectivity index (χ4n) is 1.41. The third kappa shape index (κ3) is 4.97. The van der Waals surface area contributed by atoms with Crippen LogP contribution in [0.4, 0.5) is 13.2 Å². The average molecular weight is 264 g/mol. The number of hydrogen-bond acceptors (Lipinski definition) is 4. The first-order valence-electron chi connectivity index (χ1n) is 5.44. The number of aliphatic hydroxyl groups is 1. The van der Waals surface area contributed by atoms with Gasteiger partial charge in [-0.05, 0) is 13.8 Å². The van der Waals surface area contributed by atoms with E-state index in [9.17, 15) is 18.3 Å². The molecule has 0 aliphatic carbocycles. The summed E-state index contributed by atoms with van der Waals surface area (Å²) in [5.74, 6) is 0.402. The van der Waals surface area contributed by atoms with E-state index >= 15 is 0 Å². The fourth-order valence-corrected chi connectivity index (χ4v) is 1.41. The fraction of sp³-hybridized carbons (Fsp3) is 0.636. The summed E-state index contributed by atoms with van der Waals surface area (Å²) in [5.41, 5.74) is 1.22. The van der Waals surface area contributed by atoms with Crippen molar-refractivity contribution in [3.63, 3.8) is 0 Å². The van der Waals surface area contributed by atoms with Crippen molar-refractivity contribution < 1.29 is 23.0 Å². The molecule has 0 radical (unpaired) electrons. The number of rotatable bonds is 5. The number of hydrogen-bond donors (Lipinski definition) is 1. The van der Waals surface area contributed by atoms with Crippen molar-refractivity contribution in [3.05, 3.63) is 23.3 Å². The lowest BCUT2D eigenvalue weighted by Crippen LogP contribution is -2.18. The van der Waals surface area contributed by atoms with Gasteiger partial charge in [-0.2, -0.15) is 13.2 Å². The summed E-state index contributed by atoms with van der Waals surface area (Å²) < 4.78 is 39.9. The van der Waals surface area contributed by atoms with Gasteiger partial charge in [0.2, 0.25) is 0 Å². The normalized spacial score (nSPS) is 13.7. The van der Waals surface area contributed by atoms with E-state index in [1.165, 1.54) is 6.20 Å². The van der Waals surface area contributed by atoms with E-state index in [1.54, 1.807) is 13.8 Å². The van der Waals surface area contributed by atoms with Gasteiger partial charge in [0.05, 0.1) is 12.7 Å². The Balaban J connectivity index is 2.47. The summed E-state index contributed by atoms with van der Waals surface area (Å²) in [6, 6.07) is 0. The molecule has 1 rings (SSSR count). The number of aryl methyl sites for hydroxylation is 1. The van der Waals surface area contributed by atoms with E-state index in [2.05, 4.69) is 14.7 Å². The minimum absolute atomic E-state index is 0.0903. The summed E-state index contributed by atoms with van der Waals surface area (Å²) in [6.07, 6.45) is -3.30. The van der Waals surface area contributed by atoms with E-state index in [4.69, 9.17) is 0 Å². The highest BCUT2D eigenvalue weighted by atomic mass is 19.4. The number of nitrogens with zero attached hydrogens (tertiary/aromatic N) is 2. The van der Waals surface area contributed by atoms with Gasteiger partial charge in [-0.3, -0.25) is 0 Å². The van der Waals surface area contributed by atoms with Crippen LogP contribution in [0.1, 0.15) is 30.1 Å². The zero-order valence-corrected chi connectivity index (χ0v) is 10.2. The molecule has 0 aromatic carbocycles. The van der Waals surface area contributed by atoms with Crippen LogP contribution in [0.25, 0.3) is 0 Å². The molecule has 102 valence electrons. The molecule has 0 amide bonds. The lowest BCUT2D eigenvalue weighted by Gasteiger charge is -2.10. The second kappa shape index (κ2) is 6.10. The SMILES string of the molecule is Cc1nc(CCOCC(F)(F)F)ncc1[C@H](C)O. The molecule has 0 fully saturated rings. The molecule has 1 N–H and O–H groups in total. The van der Waals surface area contributed by atoms with Gasteiger partial charge < -0.3 is 9.84 Å². The molecular formula is C11H15F3N2O2. The Kier molecular flexibility index (Phi) is 5.03. The second-order valence-electron chi connectivity index (χ2n) is 3.92. The Hall–Kier alpha value is -1.21. The molecule has 1 atom stereocenters. The second-order valence-corrected chi connectivity index (χ2v) is 3.92. The van der Waals surface area contributed by atoms with Crippen molar-refractivity contribution in [2.24, 2.45) is 0 Å². The van der Waals surface area contributed by atoms with E-state index in [0.717, 1.165) is 0 Å². The van der Waals surface area contributed by atoms with Gasteiger partial charge in [0.15, 0.2) is 0 Å². The van der Waals surface area contributed by atoms with Crippen LogP contribution in [0.15, 0.2) is 6.20 Å². The molecule has 0 aliphatic heterocycles. The molecule has 0 spiro atoms. The molecule has 0 saturated heterocycles. The van der Waals surface area contributed by atoms with Crippen molar-refractivity contribution in [1.82, 2.24) is 9.97 Å². The number of ether oxygens (including phenoxy) is 1. The maximum absolute atomic E-state index is 11.8. The van der Waals surface area contributed by atoms with Crippen LogP contribution >= 0.6 is 0 Å². The molecule has 0 saturated carbocycles. The zero-order valence-electron chi connectivity index (χ0n) is 10.2. The quantitative estimate of drug-likeness (QED) is 0.826. The van der Waals surface area contributed by atoms with Gasteiger partial charge in [-0.15, -0.1) is 0 Å². The van der Waals surface area contributed by atoms with Gasteiger partial charge >= 0.3 is 6.18 Å². The van der Waals surface area contributed by atoms with Gasteiger partial charge in [0, 0.05) is 23.9 Å². The van der Waals surface area contributed by atoms with Gasteiger partial charge in [-0.25, -0.2) is 9.97 Å². The number of aliphatic hydroxyl groups excluding tert-OH is 1. The van der Waals surface area contributed by atoms with Crippen LogP contribution in [-0.2, 0) is 11.2 Å². The van der Waals surface area contributed by atoms with Crippen molar-refractivity contribution in [2.75, 3.05) is 13.2 Å². The molecular weight excluding hydrogens is 249 g/mol. The zero-order chi connectivity index (χ0) is 13.8. The Morgan fingerprint density at radius 2 is 2.11 bits per heavy atom. The summed E-state index contributed by atoms with van der Waals surface area (Å²) in [7, 11) is 0. The Labute approximate surface area is 103 Å². The maximum atomic E-state index is 11.8. The highest BCUT2D eigenvalue weighted by molar-refractivity contribution is 5.18. The predicted octanol–water partition coefficient (Wildman–Crippen LogP) is 1.96. The van der Waals surface area contributed by atoms with E-state index in [0.29, 0.717) is 17.1 Å². The highest BCUT2D eigenvalue weighted by Gasteiger charge is 2.27. The summed E-state index contributed by atoms with van der Waals surface area (Å²) >= 11 is 0. The van der Waals surface area contributed by atoms with Crippen molar-refractivity contribution in [1.29, 1.82) is 0 Å². The average Bonchev–Trinajstić information content (AvgIpc) is 2.22.